The number of aromatic nitrogens is 3. The standard InChI is InChI=1S/C14H17N3O2/c1-5-12-9(3)16-17(10(12)4)13-7-11(14(18)19)6-8(2)15-13/h6-7H,5H2,1-4H3,(H,18,19). The van der Waals surface area contributed by atoms with Gasteiger partial charge in [0.2, 0.25) is 0 Å². The van der Waals surface area contributed by atoms with Gasteiger partial charge in [-0.3, -0.25) is 0 Å². The van der Waals surface area contributed by atoms with Crippen molar-refractivity contribution in [2.75, 3.05) is 0 Å². The molecule has 0 unspecified atom stereocenters. The lowest BCUT2D eigenvalue weighted by molar-refractivity contribution is 0.0696. The van der Waals surface area contributed by atoms with Crippen LogP contribution in [0.15, 0.2) is 12.1 Å². The van der Waals surface area contributed by atoms with Crippen LogP contribution in [0.3, 0.4) is 0 Å². The van der Waals surface area contributed by atoms with E-state index in [0.29, 0.717) is 11.5 Å². The van der Waals surface area contributed by atoms with E-state index in [1.54, 1.807) is 23.7 Å². The average Bonchev–Trinajstić information content (AvgIpc) is 2.63. The van der Waals surface area contributed by atoms with E-state index in [4.69, 9.17) is 5.11 Å². The Kier molecular flexibility index (Phi) is 3.38. The summed E-state index contributed by atoms with van der Waals surface area (Å²) in [6, 6.07) is 3.10. The van der Waals surface area contributed by atoms with E-state index < -0.39 is 5.97 Å². The third-order valence-corrected chi connectivity index (χ3v) is 3.20. The Morgan fingerprint density at radius 1 is 1.32 bits per heavy atom. The van der Waals surface area contributed by atoms with Gasteiger partial charge in [-0.1, -0.05) is 6.92 Å². The molecule has 2 rings (SSSR count). The molecule has 0 amide bonds. The fourth-order valence-electron chi connectivity index (χ4n) is 2.29. The highest BCUT2D eigenvalue weighted by molar-refractivity contribution is 5.88. The fraction of sp³-hybridized carbons (Fsp3) is 0.357. The van der Waals surface area contributed by atoms with Crippen LogP contribution in [0.25, 0.3) is 5.82 Å². The van der Waals surface area contributed by atoms with E-state index in [2.05, 4.69) is 17.0 Å². The van der Waals surface area contributed by atoms with Crippen LogP contribution in [-0.2, 0) is 6.42 Å². The zero-order chi connectivity index (χ0) is 14.2. The maximum Gasteiger partial charge on any atom is 0.335 e. The molecule has 0 spiro atoms. The molecule has 2 heterocycles. The minimum Gasteiger partial charge on any atom is -0.478 e. The van der Waals surface area contributed by atoms with E-state index >= 15 is 0 Å². The minimum absolute atomic E-state index is 0.230. The van der Waals surface area contributed by atoms with Gasteiger partial charge in [-0.2, -0.15) is 5.10 Å². The second-order valence-corrected chi connectivity index (χ2v) is 4.58. The van der Waals surface area contributed by atoms with E-state index in [1.807, 2.05) is 13.8 Å². The number of carboxylic acid groups (broad SMARTS) is 1. The third-order valence-electron chi connectivity index (χ3n) is 3.20. The van der Waals surface area contributed by atoms with Crippen LogP contribution in [0.5, 0.6) is 0 Å². The van der Waals surface area contributed by atoms with Crippen LogP contribution in [0, 0.1) is 20.8 Å². The molecular formula is C14H17N3O2. The normalized spacial score (nSPS) is 10.7. The molecule has 1 N–H and O–H groups in total. The zero-order valence-corrected chi connectivity index (χ0v) is 11.6. The molecule has 5 heteroatoms. The first-order valence-corrected chi connectivity index (χ1v) is 6.21. The highest BCUT2D eigenvalue weighted by atomic mass is 16.4. The summed E-state index contributed by atoms with van der Waals surface area (Å²) in [6.45, 7) is 7.79. The van der Waals surface area contributed by atoms with Gasteiger partial charge < -0.3 is 5.11 Å². The van der Waals surface area contributed by atoms with Crippen LogP contribution in [0.2, 0.25) is 0 Å². The molecule has 0 aliphatic heterocycles. The number of rotatable bonds is 3. The second kappa shape index (κ2) is 4.84. The number of hydrogen-bond acceptors (Lipinski definition) is 3. The number of carbonyl (C=O) groups is 1. The number of pyridine rings is 1. The Hall–Kier alpha value is -2.17. The third kappa shape index (κ3) is 2.36. The van der Waals surface area contributed by atoms with Crippen molar-refractivity contribution in [1.29, 1.82) is 0 Å². The Bertz CT molecular complexity index is 644. The van der Waals surface area contributed by atoms with Crippen molar-refractivity contribution < 1.29 is 9.90 Å². The Morgan fingerprint density at radius 3 is 2.53 bits per heavy atom. The van der Waals surface area contributed by atoms with Gasteiger partial charge in [0.05, 0.1) is 11.3 Å². The SMILES string of the molecule is CCc1c(C)nn(-c2cc(C(=O)O)cc(C)n2)c1C. The summed E-state index contributed by atoms with van der Waals surface area (Å²) in [4.78, 5) is 15.5. The molecule has 2 aromatic rings. The molecule has 19 heavy (non-hydrogen) atoms. The quantitative estimate of drug-likeness (QED) is 0.919. The van der Waals surface area contributed by atoms with Crippen molar-refractivity contribution in [1.82, 2.24) is 14.8 Å². The highest BCUT2D eigenvalue weighted by Crippen LogP contribution is 2.18. The van der Waals surface area contributed by atoms with Gasteiger partial charge in [-0.15, -0.1) is 0 Å². The molecule has 0 radical (unpaired) electrons. The second-order valence-electron chi connectivity index (χ2n) is 4.58. The first kappa shape index (κ1) is 13.3. The molecule has 0 atom stereocenters. The molecule has 2 aromatic heterocycles. The number of carboxylic acids is 1. The van der Waals surface area contributed by atoms with E-state index in [0.717, 1.165) is 17.8 Å². The zero-order valence-electron chi connectivity index (χ0n) is 11.6. The monoisotopic (exact) mass is 259 g/mol. The van der Waals surface area contributed by atoms with Gasteiger partial charge in [0, 0.05) is 11.4 Å². The van der Waals surface area contributed by atoms with Crippen molar-refractivity contribution in [3.05, 3.63) is 40.3 Å². The maximum absolute atomic E-state index is 11.1. The lowest BCUT2D eigenvalue weighted by Gasteiger charge is -2.06. The number of hydrogen-bond donors (Lipinski definition) is 1. The molecule has 0 aromatic carbocycles. The van der Waals surface area contributed by atoms with Crippen molar-refractivity contribution in [3.63, 3.8) is 0 Å². The van der Waals surface area contributed by atoms with E-state index in [9.17, 15) is 4.79 Å². The van der Waals surface area contributed by atoms with Crippen molar-refractivity contribution in [2.24, 2.45) is 0 Å². The van der Waals surface area contributed by atoms with Crippen molar-refractivity contribution >= 4 is 5.97 Å². The molecule has 0 bridgehead atoms. The highest BCUT2D eigenvalue weighted by Gasteiger charge is 2.14. The number of aryl methyl sites for hydroxylation is 2. The summed E-state index contributed by atoms with van der Waals surface area (Å²) >= 11 is 0. The molecule has 0 saturated carbocycles. The summed E-state index contributed by atoms with van der Waals surface area (Å²) < 4.78 is 1.72. The van der Waals surface area contributed by atoms with Crippen LogP contribution >= 0.6 is 0 Å². The smallest absolute Gasteiger partial charge is 0.335 e. The summed E-state index contributed by atoms with van der Waals surface area (Å²) in [6.07, 6.45) is 0.898. The lowest BCUT2D eigenvalue weighted by atomic mass is 10.1. The summed E-state index contributed by atoms with van der Waals surface area (Å²) in [5.41, 5.74) is 4.04. The number of aromatic carboxylic acids is 1. The molecular weight excluding hydrogens is 242 g/mol. The van der Waals surface area contributed by atoms with Gasteiger partial charge in [0.25, 0.3) is 0 Å². The van der Waals surface area contributed by atoms with Crippen molar-refractivity contribution in [2.45, 2.75) is 34.1 Å². The van der Waals surface area contributed by atoms with Gasteiger partial charge in [-0.25, -0.2) is 14.5 Å². The Morgan fingerprint density at radius 2 is 2.00 bits per heavy atom. The van der Waals surface area contributed by atoms with E-state index in [1.165, 1.54) is 5.56 Å². The summed E-state index contributed by atoms with van der Waals surface area (Å²) in [7, 11) is 0. The van der Waals surface area contributed by atoms with Crippen LogP contribution in [0.4, 0.5) is 0 Å². The minimum atomic E-state index is -0.955. The Labute approximate surface area is 111 Å². The van der Waals surface area contributed by atoms with Crippen LogP contribution in [0.1, 0.15) is 39.9 Å². The fourth-order valence-corrected chi connectivity index (χ4v) is 2.29. The van der Waals surface area contributed by atoms with Crippen LogP contribution in [-0.4, -0.2) is 25.8 Å². The lowest BCUT2D eigenvalue weighted by Crippen LogP contribution is -2.07. The van der Waals surface area contributed by atoms with Crippen LogP contribution < -0.4 is 0 Å². The van der Waals surface area contributed by atoms with Gasteiger partial charge in [0.15, 0.2) is 5.82 Å². The predicted octanol–water partition coefficient (Wildman–Crippen LogP) is 2.45. The maximum atomic E-state index is 11.1. The summed E-state index contributed by atoms with van der Waals surface area (Å²) in [5.74, 6) is -0.401. The average molecular weight is 259 g/mol. The predicted molar refractivity (Wildman–Crippen MR) is 71.9 cm³/mol. The van der Waals surface area contributed by atoms with Gasteiger partial charge in [0.1, 0.15) is 0 Å². The molecule has 0 aliphatic rings. The first-order valence-electron chi connectivity index (χ1n) is 6.21. The molecule has 0 saturated heterocycles. The van der Waals surface area contributed by atoms with Gasteiger partial charge in [-0.05, 0) is 44.9 Å². The molecule has 0 fully saturated rings. The first-order chi connectivity index (χ1) is 8.93. The topological polar surface area (TPSA) is 68.0 Å². The molecule has 0 aliphatic carbocycles. The van der Waals surface area contributed by atoms with Gasteiger partial charge >= 0.3 is 5.97 Å². The van der Waals surface area contributed by atoms with Crippen molar-refractivity contribution in [3.8, 4) is 5.82 Å². The molecule has 5 nitrogen and oxygen atoms in total. The summed E-state index contributed by atoms with van der Waals surface area (Å²) in [5, 5.41) is 13.6. The largest absolute Gasteiger partial charge is 0.478 e. The number of nitrogens with zero attached hydrogens (tertiary/aromatic N) is 3. The Balaban J connectivity index is 2.62. The van der Waals surface area contributed by atoms with E-state index in [-0.39, 0.29) is 5.56 Å². The molecule has 100 valence electrons.